The Morgan fingerprint density at radius 2 is 2.00 bits per heavy atom. The van der Waals surface area contributed by atoms with Gasteiger partial charge in [-0.25, -0.2) is 4.79 Å². The summed E-state index contributed by atoms with van der Waals surface area (Å²) < 4.78 is 0. The lowest BCUT2D eigenvalue weighted by Gasteiger charge is -2.28. The third-order valence-corrected chi connectivity index (χ3v) is 3.23. The second-order valence-corrected chi connectivity index (χ2v) is 5.10. The Kier molecular flexibility index (Phi) is 6.05. The predicted octanol–water partition coefficient (Wildman–Crippen LogP) is 1.59. The number of carbonyl (C=O) groups is 1. The number of nitrogens with one attached hydrogen (secondary N) is 2. The molecule has 0 aromatic carbocycles. The average molecular weight is 239 g/mol. The molecule has 0 spiro atoms. The molecule has 0 unspecified atom stereocenters. The van der Waals surface area contributed by atoms with E-state index in [9.17, 15) is 4.79 Å². The van der Waals surface area contributed by atoms with Gasteiger partial charge in [0, 0.05) is 13.1 Å². The fourth-order valence-electron chi connectivity index (χ4n) is 2.03. The molecule has 4 nitrogen and oxygen atoms in total. The lowest BCUT2D eigenvalue weighted by Crippen LogP contribution is -2.38. The van der Waals surface area contributed by atoms with Crippen LogP contribution in [0, 0.1) is 5.92 Å². The number of rotatable bonds is 5. The topological polar surface area (TPSA) is 44.4 Å². The fraction of sp³-hybridized carbons (Fsp3) is 0.769. The second kappa shape index (κ2) is 7.33. The molecule has 1 aliphatic rings. The number of amides is 2. The Morgan fingerprint density at radius 1 is 1.35 bits per heavy atom. The highest BCUT2D eigenvalue weighted by atomic mass is 16.2. The number of carbonyl (C=O) groups excluding carboxylic acids is 1. The van der Waals surface area contributed by atoms with Crippen LogP contribution in [-0.4, -0.2) is 44.2 Å². The van der Waals surface area contributed by atoms with Crippen molar-refractivity contribution in [3.8, 4) is 0 Å². The van der Waals surface area contributed by atoms with Crippen LogP contribution in [0.25, 0.3) is 0 Å². The molecule has 0 aliphatic carbocycles. The van der Waals surface area contributed by atoms with Crippen molar-refractivity contribution in [1.82, 2.24) is 15.5 Å². The number of piperidine rings is 1. The first-order valence-electron chi connectivity index (χ1n) is 6.42. The quantitative estimate of drug-likeness (QED) is 0.716. The first kappa shape index (κ1) is 14.0. The van der Waals surface area contributed by atoms with Crippen molar-refractivity contribution in [2.75, 3.05) is 33.2 Å². The van der Waals surface area contributed by atoms with Gasteiger partial charge in [-0.1, -0.05) is 12.2 Å². The van der Waals surface area contributed by atoms with Crippen LogP contribution >= 0.6 is 0 Å². The first-order chi connectivity index (χ1) is 8.08. The van der Waals surface area contributed by atoms with Crippen molar-refractivity contribution in [3.05, 3.63) is 12.2 Å². The van der Waals surface area contributed by atoms with E-state index in [0.29, 0.717) is 6.54 Å². The molecular formula is C13H25N3O. The van der Waals surface area contributed by atoms with Crippen LogP contribution in [0.4, 0.5) is 4.79 Å². The maximum Gasteiger partial charge on any atom is 0.315 e. The minimum Gasteiger partial charge on any atom is -0.338 e. The predicted molar refractivity (Wildman–Crippen MR) is 71.1 cm³/mol. The lowest BCUT2D eigenvalue weighted by molar-refractivity contribution is 0.210. The van der Waals surface area contributed by atoms with Gasteiger partial charge in [0.15, 0.2) is 0 Å². The van der Waals surface area contributed by atoms with Gasteiger partial charge in [-0.3, -0.25) is 0 Å². The minimum atomic E-state index is -0.0825. The van der Waals surface area contributed by atoms with Crippen molar-refractivity contribution in [2.45, 2.75) is 26.2 Å². The molecule has 1 fully saturated rings. The highest BCUT2D eigenvalue weighted by Crippen LogP contribution is 2.18. The van der Waals surface area contributed by atoms with Gasteiger partial charge in [-0.15, -0.1) is 0 Å². The third-order valence-electron chi connectivity index (χ3n) is 3.23. The summed E-state index contributed by atoms with van der Waals surface area (Å²) in [5, 5.41) is 5.66. The minimum absolute atomic E-state index is 0.0825. The van der Waals surface area contributed by atoms with E-state index in [2.05, 4.69) is 29.2 Å². The lowest BCUT2D eigenvalue weighted by atomic mass is 9.94. The van der Waals surface area contributed by atoms with Gasteiger partial charge in [0.1, 0.15) is 0 Å². The van der Waals surface area contributed by atoms with E-state index >= 15 is 0 Å². The molecule has 1 saturated heterocycles. The van der Waals surface area contributed by atoms with E-state index in [1.807, 2.05) is 6.92 Å². The molecule has 0 radical (unpaired) electrons. The van der Waals surface area contributed by atoms with Crippen molar-refractivity contribution >= 4 is 6.03 Å². The zero-order valence-corrected chi connectivity index (χ0v) is 11.1. The summed E-state index contributed by atoms with van der Waals surface area (Å²) in [6.07, 6.45) is 3.60. The molecule has 98 valence electrons. The normalized spacial score (nSPS) is 17.8. The maximum absolute atomic E-state index is 11.4. The van der Waals surface area contributed by atoms with Crippen LogP contribution in [0.1, 0.15) is 26.2 Å². The Balaban J connectivity index is 2.03. The zero-order valence-electron chi connectivity index (χ0n) is 11.1. The summed E-state index contributed by atoms with van der Waals surface area (Å²) in [5.74, 6) is 0.771. The average Bonchev–Trinajstić information content (AvgIpc) is 2.29. The Hall–Kier alpha value is -1.03. The molecule has 1 rings (SSSR count). The monoisotopic (exact) mass is 239 g/mol. The van der Waals surface area contributed by atoms with Crippen molar-refractivity contribution < 1.29 is 4.79 Å². The Bertz CT molecular complexity index is 257. The number of hydrogen-bond donors (Lipinski definition) is 2. The highest BCUT2D eigenvalue weighted by molar-refractivity contribution is 5.73. The molecule has 0 saturated carbocycles. The number of urea groups is 1. The van der Waals surface area contributed by atoms with E-state index < -0.39 is 0 Å². The molecule has 0 bridgehead atoms. The molecular weight excluding hydrogens is 214 g/mol. The molecule has 4 heteroatoms. The van der Waals surface area contributed by atoms with Crippen molar-refractivity contribution in [1.29, 1.82) is 0 Å². The van der Waals surface area contributed by atoms with E-state index in [-0.39, 0.29) is 6.03 Å². The summed E-state index contributed by atoms with van der Waals surface area (Å²) in [4.78, 5) is 13.7. The van der Waals surface area contributed by atoms with E-state index in [4.69, 9.17) is 0 Å². The molecule has 0 atom stereocenters. The summed E-state index contributed by atoms with van der Waals surface area (Å²) in [7, 11) is 2.17. The van der Waals surface area contributed by atoms with Crippen LogP contribution in [-0.2, 0) is 0 Å². The Morgan fingerprint density at radius 3 is 2.59 bits per heavy atom. The number of hydrogen-bond acceptors (Lipinski definition) is 2. The molecule has 17 heavy (non-hydrogen) atoms. The zero-order chi connectivity index (χ0) is 12.7. The maximum atomic E-state index is 11.4. The second-order valence-electron chi connectivity index (χ2n) is 5.10. The largest absolute Gasteiger partial charge is 0.338 e. The van der Waals surface area contributed by atoms with E-state index in [1.165, 1.54) is 25.9 Å². The molecule has 0 aromatic rings. The molecule has 2 N–H and O–H groups in total. The summed E-state index contributed by atoms with van der Waals surface area (Å²) in [6, 6.07) is -0.0825. The van der Waals surface area contributed by atoms with Gasteiger partial charge in [-0.2, -0.15) is 0 Å². The van der Waals surface area contributed by atoms with Gasteiger partial charge >= 0.3 is 6.03 Å². The first-order valence-corrected chi connectivity index (χ1v) is 6.42. The summed E-state index contributed by atoms with van der Waals surface area (Å²) >= 11 is 0. The van der Waals surface area contributed by atoms with Gasteiger partial charge in [0.05, 0.1) is 0 Å². The standard InChI is InChI=1S/C13H25N3O/c1-11(2)10-15-13(17)14-7-4-12-5-8-16(3)9-6-12/h12H,1,4-10H2,2-3H3,(H2,14,15,17). The number of nitrogens with zero attached hydrogens (tertiary/aromatic N) is 1. The highest BCUT2D eigenvalue weighted by Gasteiger charge is 2.16. The number of likely N-dealkylation sites (tertiary alicyclic amines) is 1. The smallest absolute Gasteiger partial charge is 0.315 e. The SMILES string of the molecule is C=C(C)CNC(=O)NCCC1CCN(C)CC1. The van der Waals surface area contributed by atoms with Crippen LogP contribution in [0.3, 0.4) is 0 Å². The third kappa shape index (κ3) is 6.31. The van der Waals surface area contributed by atoms with E-state index in [1.54, 1.807) is 0 Å². The molecule has 2 amide bonds. The van der Waals surface area contributed by atoms with Crippen molar-refractivity contribution in [2.24, 2.45) is 5.92 Å². The van der Waals surface area contributed by atoms with Crippen LogP contribution in [0.5, 0.6) is 0 Å². The molecule has 1 aliphatic heterocycles. The van der Waals surface area contributed by atoms with Gasteiger partial charge in [0.2, 0.25) is 0 Å². The summed E-state index contributed by atoms with van der Waals surface area (Å²) in [5.41, 5.74) is 0.968. The fourth-order valence-corrected chi connectivity index (χ4v) is 2.03. The van der Waals surface area contributed by atoms with Gasteiger partial charge < -0.3 is 15.5 Å². The van der Waals surface area contributed by atoms with Crippen LogP contribution in [0.15, 0.2) is 12.2 Å². The van der Waals surface area contributed by atoms with Crippen LogP contribution in [0.2, 0.25) is 0 Å². The summed E-state index contributed by atoms with van der Waals surface area (Å²) in [6.45, 7) is 9.35. The molecule has 0 aromatic heterocycles. The Labute approximate surface area is 104 Å². The van der Waals surface area contributed by atoms with E-state index in [0.717, 1.165) is 24.5 Å². The molecule has 1 heterocycles. The van der Waals surface area contributed by atoms with Crippen molar-refractivity contribution in [3.63, 3.8) is 0 Å². The van der Waals surface area contributed by atoms with Gasteiger partial charge in [0.25, 0.3) is 0 Å². The van der Waals surface area contributed by atoms with Crippen LogP contribution < -0.4 is 10.6 Å². The van der Waals surface area contributed by atoms with Gasteiger partial charge in [-0.05, 0) is 52.2 Å².